The molecule has 0 aromatic carbocycles. The number of halogens is 1. The summed E-state index contributed by atoms with van der Waals surface area (Å²) in [4.78, 5) is 27.6. The summed E-state index contributed by atoms with van der Waals surface area (Å²) in [5, 5.41) is 0. The van der Waals surface area contributed by atoms with Crippen LogP contribution >= 0.6 is 11.6 Å². The van der Waals surface area contributed by atoms with E-state index in [1.54, 1.807) is 9.80 Å². The zero-order chi connectivity index (χ0) is 16.9. The van der Waals surface area contributed by atoms with E-state index in [-0.39, 0.29) is 29.8 Å². The summed E-state index contributed by atoms with van der Waals surface area (Å²) in [5.41, 5.74) is -0.503. The van der Waals surface area contributed by atoms with E-state index in [2.05, 4.69) is 0 Å². The molecule has 1 atom stereocenters. The number of ether oxygens (including phenoxy) is 1. The van der Waals surface area contributed by atoms with Crippen LogP contribution in [-0.4, -0.2) is 59.0 Å². The lowest BCUT2D eigenvalue weighted by Crippen LogP contribution is -2.48. The lowest BCUT2D eigenvalue weighted by atomic mass is 9.97. The van der Waals surface area contributed by atoms with E-state index >= 15 is 0 Å². The molecule has 1 aliphatic rings. The third-order valence-corrected chi connectivity index (χ3v) is 3.92. The number of hydrogen-bond acceptors (Lipinski definition) is 3. The molecule has 2 amide bonds. The zero-order valence-corrected chi connectivity index (χ0v) is 15.2. The van der Waals surface area contributed by atoms with Crippen LogP contribution in [0.5, 0.6) is 0 Å². The molecular weight excluding hydrogens is 304 g/mol. The molecule has 5 nitrogen and oxygen atoms in total. The average molecular weight is 333 g/mol. The molecule has 22 heavy (non-hydrogen) atoms. The van der Waals surface area contributed by atoms with E-state index in [1.807, 2.05) is 34.6 Å². The minimum absolute atomic E-state index is 0.0205. The Hall–Kier alpha value is -0.970. The molecular formula is C16H29ClN2O3. The van der Waals surface area contributed by atoms with Gasteiger partial charge in [-0.3, -0.25) is 4.79 Å². The summed E-state index contributed by atoms with van der Waals surface area (Å²) in [7, 11) is 0. The molecule has 128 valence electrons. The van der Waals surface area contributed by atoms with Crippen molar-refractivity contribution >= 4 is 23.6 Å². The second-order valence-electron chi connectivity index (χ2n) is 7.21. The van der Waals surface area contributed by atoms with Gasteiger partial charge in [-0.15, -0.1) is 11.6 Å². The number of rotatable bonds is 4. The van der Waals surface area contributed by atoms with Crippen LogP contribution in [0.15, 0.2) is 0 Å². The van der Waals surface area contributed by atoms with E-state index in [1.165, 1.54) is 0 Å². The van der Waals surface area contributed by atoms with Gasteiger partial charge in [0.1, 0.15) is 11.5 Å². The third kappa shape index (κ3) is 6.03. The van der Waals surface area contributed by atoms with Crippen LogP contribution in [-0.2, 0) is 9.53 Å². The maximum atomic E-state index is 12.3. The molecule has 0 saturated carbocycles. The number of alkyl halides is 1. The second-order valence-corrected chi connectivity index (χ2v) is 7.48. The Balaban J connectivity index is 2.66. The average Bonchev–Trinajstić information content (AvgIpc) is 2.41. The van der Waals surface area contributed by atoms with E-state index in [4.69, 9.17) is 16.3 Å². The number of nitrogens with zero attached hydrogens (tertiary/aromatic N) is 2. The highest BCUT2D eigenvalue weighted by Crippen LogP contribution is 2.20. The van der Waals surface area contributed by atoms with Gasteiger partial charge in [0.25, 0.3) is 0 Å². The van der Waals surface area contributed by atoms with Crippen LogP contribution in [0.2, 0.25) is 0 Å². The van der Waals surface area contributed by atoms with E-state index in [0.29, 0.717) is 13.1 Å². The Morgan fingerprint density at radius 2 is 2.00 bits per heavy atom. The SMILES string of the molecule is CC(C)N(CC1CCCN(C(=O)CCl)C1)C(=O)OC(C)(C)C. The molecule has 0 N–H and O–H groups in total. The molecule has 0 spiro atoms. The van der Waals surface area contributed by atoms with Gasteiger partial charge in [0.05, 0.1) is 0 Å². The van der Waals surface area contributed by atoms with Crippen LogP contribution in [0.4, 0.5) is 4.79 Å². The normalized spacial score (nSPS) is 19.2. The first-order valence-electron chi connectivity index (χ1n) is 7.97. The van der Waals surface area contributed by atoms with Gasteiger partial charge in [-0.05, 0) is 53.4 Å². The molecule has 0 aromatic rings. The highest BCUT2D eigenvalue weighted by molar-refractivity contribution is 6.27. The summed E-state index contributed by atoms with van der Waals surface area (Å²) < 4.78 is 5.48. The van der Waals surface area contributed by atoms with Gasteiger partial charge in [0.2, 0.25) is 5.91 Å². The number of hydrogen-bond donors (Lipinski definition) is 0. The van der Waals surface area contributed by atoms with Gasteiger partial charge in [-0.2, -0.15) is 0 Å². The molecule has 1 saturated heterocycles. The Morgan fingerprint density at radius 1 is 1.36 bits per heavy atom. The Kier molecular flexibility index (Phi) is 6.98. The fourth-order valence-corrected chi connectivity index (χ4v) is 2.79. The first kappa shape index (κ1) is 19.1. The van der Waals surface area contributed by atoms with Gasteiger partial charge in [-0.25, -0.2) is 4.79 Å². The number of amides is 2. The van der Waals surface area contributed by atoms with Crippen LogP contribution < -0.4 is 0 Å². The maximum Gasteiger partial charge on any atom is 0.410 e. The standard InChI is InChI=1S/C16H29ClN2O3/c1-12(2)19(15(21)22-16(3,4)5)11-13-7-6-8-18(10-13)14(20)9-17/h12-13H,6-11H2,1-5H3. The molecule has 0 bridgehead atoms. The van der Waals surface area contributed by atoms with Gasteiger partial charge in [0, 0.05) is 25.7 Å². The van der Waals surface area contributed by atoms with E-state index in [0.717, 1.165) is 19.4 Å². The van der Waals surface area contributed by atoms with Crippen molar-refractivity contribution in [3.8, 4) is 0 Å². The lowest BCUT2D eigenvalue weighted by molar-refractivity contribution is -0.130. The molecule has 1 rings (SSSR count). The van der Waals surface area contributed by atoms with Gasteiger partial charge in [0.15, 0.2) is 0 Å². The van der Waals surface area contributed by atoms with Crippen molar-refractivity contribution < 1.29 is 14.3 Å². The molecule has 1 heterocycles. The fourth-order valence-electron chi connectivity index (χ4n) is 2.62. The van der Waals surface area contributed by atoms with Gasteiger partial charge in [-0.1, -0.05) is 0 Å². The van der Waals surface area contributed by atoms with Crippen molar-refractivity contribution in [3.63, 3.8) is 0 Å². The minimum atomic E-state index is -0.503. The Labute approximate surface area is 138 Å². The lowest BCUT2D eigenvalue weighted by Gasteiger charge is -2.37. The largest absolute Gasteiger partial charge is 0.444 e. The van der Waals surface area contributed by atoms with Gasteiger partial charge >= 0.3 is 6.09 Å². The highest BCUT2D eigenvalue weighted by Gasteiger charge is 2.29. The Bertz CT molecular complexity index is 393. The number of carbonyl (C=O) groups excluding carboxylic acids is 2. The number of piperidine rings is 1. The van der Waals surface area contributed by atoms with E-state index < -0.39 is 5.60 Å². The van der Waals surface area contributed by atoms with E-state index in [9.17, 15) is 9.59 Å². The van der Waals surface area contributed by atoms with Crippen molar-refractivity contribution in [3.05, 3.63) is 0 Å². The van der Waals surface area contributed by atoms with Crippen molar-refractivity contribution in [1.29, 1.82) is 0 Å². The Morgan fingerprint density at radius 3 is 2.50 bits per heavy atom. The third-order valence-electron chi connectivity index (χ3n) is 3.69. The van der Waals surface area contributed by atoms with Crippen LogP contribution in [0.3, 0.4) is 0 Å². The number of carbonyl (C=O) groups is 2. The molecule has 6 heteroatoms. The summed E-state index contributed by atoms with van der Waals surface area (Å²) in [6.07, 6.45) is 1.68. The monoisotopic (exact) mass is 332 g/mol. The smallest absolute Gasteiger partial charge is 0.410 e. The minimum Gasteiger partial charge on any atom is -0.444 e. The van der Waals surface area contributed by atoms with Crippen molar-refractivity contribution in [2.45, 2.75) is 59.1 Å². The molecule has 1 aliphatic heterocycles. The van der Waals surface area contributed by atoms with Crippen LogP contribution in [0, 0.1) is 5.92 Å². The van der Waals surface area contributed by atoms with Crippen LogP contribution in [0.25, 0.3) is 0 Å². The summed E-state index contributed by atoms with van der Waals surface area (Å²) in [5.74, 6) is 0.266. The fraction of sp³-hybridized carbons (Fsp3) is 0.875. The predicted octanol–water partition coefficient (Wildman–Crippen LogP) is 3.11. The van der Waals surface area contributed by atoms with Crippen molar-refractivity contribution in [1.82, 2.24) is 9.80 Å². The quantitative estimate of drug-likeness (QED) is 0.743. The second kappa shape index (κ2) is 8.04. The number of likely N-dealkylation sites (tertiary alicyclic amines) is 1. The summed E-state index contributed by atoms with van der Waals surface area (Å²) in [6.45, 7) is 11.6. The first-order valence-corrected chi connectivity index (χ1v) is 8.51. The predicted molar refractivity (Wildman–Crippen MR) is 88.1 cm³/mol. The topological polar surface area (TPSA) is 49.9 Å². The summed E-state index contributed by atoms with van der Waals surface area (Å²) in [6, 6.07) is 0.0638. The molecule has 1 unspecified atom stereocenters. The van der Waals surface area contributed by atoms with Crippen molar-refractivity contribution in [2.75, 3.05) is 25.5 Å². The highest BCUT2D eigenvalue weighted by atomic mass is 35.5. The first-order chi connectivity index (χ1) is 10.1. The maximum absolute atomic E-state index is 12.3. The van der Waals surface area contributed by atoms with Crippen molar-refractivity contribution in [2.24, 2.45) is 5.92 Å². The molecule has 1 fully saturated rings. The zero-order valence-electron chi connectivity index (χ0n) is 14.4. The molecule has 0 aliphatic carbocycles. The molecule has 0 aromatic heterocycles. The molecule has 0 radical (unpaired) electrons. The van der Waals surface area contributed by atoms with Gasteiger partial charge < -0.3 is 14.5 Å². The summed E-state index contributed by atoms with van der Waals surface area (Å²) >= 11 is 5.64. The van der Waals surface area contributed by atoms with Crippen LogP contribution in [0.1, 0.15) is 47.5 Å².